The van der Waals surface area contributed by atoms with E-state index in [0.717, 1.165) is 63.5 Å². The number of rotatable bonds is 7. The van der Waals surface area contributed by atoms with Crippen molar-refractivity contribution < 1.29 is 27.1 Å². The Labute approximate surface area is 183 Å². The van der Waals surface area contributed by atoms with Crippen LogP contribution in [-0.4, -0.2) is 23.9 Å². The number of carbonyl (C=O) groups excluding carboxylic acids is 1. The smallest absolute Gasteiger partial charge is 0.346 e. The number of carbonyl (C=O) groups is 1. The summed E-state index contributed by atoms with van der Waals surface area (Å²) in [6.07, 6.45) is 11.3. The summed E-state index contributed by atoms with van der Waals surface area (Å²) in [7, 11) is 0. The van der Waals surface area contributed by atoms with Crippen molar-refractivity contribution in [1.82, 2.24) is 0 Å². The second kappa shape index (κ2) is 10.1. The van der Waals surface area contributed by atoms with Gasteiger partial charge in [0.2, 0.25) is 0 Å². The van der Waals surface area contributed by atoms with Gasteiger partial charge in [0.05, 0.1) is 0 Å². The van der Waals surface area contributed by atoms with Gasteiger partial charge in [0.25, 0.3) is 0 Å². The molecule has 6 heteroatoms. The van der Waals surface area contributed by atoms with Crippen molar-refractivity contribution in [2.24, 2.45) is 17.8 Å². The minimum Gasteiger partial charge on any atom is -0.459 e. The number of alkyl halides is 4. The third-order valence-electron chi connectivity index (χ3n) is 7.49. The maximum atomic E-state index is 14.9. The van der Waals surface area contributed by atoms with E-state index in [1.54, 1.807) is 0 Å². The number of hydrogen-bond acceptors (Lipinski definition) is 2. The van der Waals surface area contributed by atoms with E-state index in [2.05, 4.69) is 13.8 Å². The molecule has 2 fully saturated rings. The van der Waals surface area contributed by atoms with Crippen LogP contribution in [0.1, 0.15) is 90.9 Å². The number of allylic oxidation sites excluding steroid dienone is 3. The monoisotopic (exact) mass is 444 g/mol. The Bertz CT molecular complexity index is 682. The molecule has 0 unspecified atom stereocenters. The van der Waals surface area contributed by atoms with E-state index in [1.165, 1.54) is 0 Å². The average molecular weight is 445 g/mol. The third-order valence-corrected chi connectivity index (χ3v) is 7.49. The fourth-order valence-electron chi connectivity index (χ4n) is 5.65. The van der Waals surface area contributed by atoms with Gasteiger partial charge in [-0.25, -0.2) is 4.79 Å². The lowest BCUT2D eigenvalue weighted by atomic mass is 9.73. The van der Waals surface area contributed by atoms with E-state index in [-0.39, 0.29) is 0 Å². The lowest BCUT2D eigenvalue weighted by Gasteiger charge is -2.38. The van der Waals surface area contributed by atoms with Gasteiger partial charge in [-0.05, 0) is 75.2 Å². The molecular weight excluding hydrogens is 408 g/mol. The molecule has 0 atom stereocenters. The summed E-state index contributed by atoms with van der Waals surface area (Å²) < 4.78 is 64.8. The molecule has 176 valence electrons. The van der Waals surface area contributed by atoms with E-state index in [1.807, 2.05) is 0 Å². The van der Waals surface area contributed by atoms with Gasteiger partial charge in [-0.2, -0.15) is 17.6 Å². The van der Waals surface area contributed by atoms with Crippen molar-refractivity contribution >= 4 is 5.97 Å². The Morgan fingerprint density at radius 3 is 1.87 bits per heavy atom. The second-order valence-corrected chi connectivity index (χ2v) is 9.69. The Morgan fingerprint density at radius 2 is 1.35 bits per heavy atom. The molecule has 0 aliphatic heterocycles. The van der Waals surface area contributed by atoms with Crippen LogP contribution in [0.25, 0.3) is 0 Å². The first-order valence-electron chi connectivity index (χ1n) is 12.1. The molecule has 0 spiro atoms. The van der Waals surface area contributed by atoms with Crippen LogP contribution in [0, 0.1) is 17.8 Å². The lowest BCUT2D eigenvalue weighted by molar-refractivity contribution is -0.181. The van der Waals surface area contributed by atoms with E-state index >= 15 is 0 Å². The van der Waals surface area contributed by atoms with Crippen molar-refractivity contribution in [2.45, 2.75) is 109 Å². The lowest BCUT2D eigenvalue weighted by Crippen LogP contribution is -2.49. The van der Waals surface area contributed by atoms with E-state index < -0.39 is 41.0 Å². The van der Waals surface area contributed by atoms with Crippen molar-refractivity contribution in [2.75, 3.05) is 0 Å². The summed E-state index contributed by atoms with van der Waals surface area (Å²) in [4.78, 5) is 12.4. The number of halogens is 4. The van der Waals surface area contributed by atoms with Crippen LogP contribution in [0.15, 0.2) is 23.3 Å². The first-order chi connectivity index (χ1) is 14.7. The van der Waals surface area contributed by atoms with Crippen LogP contribution in [0.5, 0.6) is 0 Å². The van der Waals surface area contributed by atoms with Crippen LogP contribution in [0.3, 0.4) is 0 Å². The highest BCUT2D eigenvalue weighted by Gasteiger charge is 2.65. The first kappa shape index (κ1) is 24.3. The Morgan fingerprint density at radius 1 is 0.839 bits per heavy atom. The molecule has 0 heterocycles. The molecule has 3 aliphatic carbocycles. The SMILES string of the molecule is CCCC1CCC(OC(=O)C2=CC=C(C3CCC(CCC)CC3)C(F)(F)C2(F)F)CC1. The van der Waals surface area contributed by atoms with Crippen molar-refractivity contribution in [3.8, 4) is 0 Å². The van der Waals surface area contributed by atoms with Gasteiger partial charge in [0, 0.05) is 5.57 Å². The highest BCUT2D eigenvalue weighted by atomic mass is 19.3. The van der Waals surface area contributed by atoms with Crippen molar-refractivity contribution in [3.05, 3.63) is 23.3 Å². The van der Waals surface area contributed by atoms with Gasteiger partial charge in [0.1, 0.15) is 11.7 Å². The number of hydrogen-bond donors (Lipinski definition) is 0. The number of ether oxygens (including phenoxy) is 1. The van der Waals surface area contributed by atoms with Crippen LogP contribution < -0.4 is 0 Å². The molecule has 3 aliphatic rings. The molecule has 2 nitrogen and oxygen atoms in total. The molecule has 0 aromatic carbocycles. The first-order valence-corrected chi connectivity index (χ1v) is 12.1. The normalized spacial score (nSPS) is 32.7. The Hall–Kier alpha value is -1.33. The topological polar surface area (TPSA) is 26.3 Å². The highest BCUT2D eigenvalue weighted by Crippen LogP contribution is 2.52. The summed E-state index contributed by atoms with van der Waals surface area (Å²) in [5.41, 5.74) is -1.74. The van der Waals surface area contributed by atoms with Crippen molar-refractivity contribution in [1.29, 1.82) is 0 Å². The van der Waals surface area contributed by atoms with Gasteiger partial charge in [-0.3, -0.25) is 0 Å². The van der Waals surface area contributed by atoms with Gasteiger partial charge in [0.15, 0.2) is 0 Å². The molecule has 2 saturated carbocycles. The maximum absolute atomic E-state index is 14.9. The summed E-state index contributed by atoms with van der Waals surface area (Å²) in [5, 5.41) is 0. The van der Waals surface area contributed by atoms with Gasteiger partial charge in [-0.15, -0.1) is 0 Å². The Kier molecular flexibility index (Phi) is 7.90. The van der Waals surface area contributed by atoms with Gasteiger partial charge < -0.3 is 4.74 Å². The van der Waals surface area contributed by atoms with Crippen LogP contribution in [0.4, 0.5) is 17.6 Å². The molecule has 0 amide bonds. The minimum atomic E-state index is -4.55. The standard InChI is InChI=1S/C25H36F4O2/c1-3-5-17-7-11-19(12-8-17)21-15-16-22(25(28,29)24(21,26)27)23(30)31-20-13-9-18(6-4-2)10-14-20/h15-20H,3-14H2,1-2H3. The maximum Gasteiger partial charge on any atom is 0.346 e. The summed E-state index contributed by atoms with van der Waals surface area (Å²) >= 11 is 0. The van der Waals surface area contributed by atoms with Crippen LogP contribution >= 0.6 is 0 Å². The summed E-state index contributed by atoms with van der Waals surface area (Å²) in [6.45, 7) is 4.20. The highest BCUT2D eigenvalue weighted by molar-refractivity contribution is 5.92. The van der Waals surface area contributed by atoms with Crippen LogP contribution in [0.2, 0.25) is 0 Å². The summed E-state index contributed by atoms with van der Waals surface area (Å²) in [5.74, 6) is -9.71. The molecule has 3 rings (SSSR count). The predicted octanol–water partition coefficient (Wildman–Crippen LogP) is 7.63. The Balaban J connectivity index is 1.68. The summed E-state index contributed by atoms with van der Waals surface area (Å²) in [6, 6.07) is 0. The minimum absolute atomic E-state index is 0.467. The zero-order valence-electron chi connectivity index (χ0n) is 18.8. The molecule has 0 aromatic rings. The molecule has 0 saturated heterocycles. The second-order valence-electron chi connectivity index (χ2n) is 9.69. The molecule has 31 heavy (non-hydrogen) atoms. The fourth-order valence-corrected chi connectivity index (χ4v) is 5.65. The quantitative estimate of drug-likeness (QED) is 0.298. The van der Waals surface area contributed by atoms with Crippen molar-refractivity contribution in [3.63, 3.8) is 0 Å². The third kappa shape index (κ3) is 5.19. The average Bonchev–Trinajstić information content (AvgIpc) is 2.72. The van der Waals surface area contributed by atoms with Gasteiger partial charge >= 0.3 is 17.8 Å². The van der Waals surface area contributed by atoms with E-state index in [9.17, 15) is 22.4 Å². The molecule has 0 bridgehead atoms. The molecule has 0 N–H and O–H groups in total. The van der Waals surface area contributed by atoms with Crippen LogP contribution in [-0.2, 0) is 9.53 Å². The van der Waals surface area contributed by atoms with E-state index in [4.69, 9.17) is 4.74 Å². The largest absolute Gasteiger partial charge is 0.459 e. The predicted molar refractivity (Wildman–Crippen MR) is 113 cm³/mol. The number of esters is 1. The molecular formula is C25H36F4O2. The van der Waals surface area contributed by atoms with Gasteiger partial charge in [-0.1, -0.05) is 45.6 Å². The van der Waals surface area contributed by atoms with E-state index in [0.29, 0.717) is 37.5 Å². The zero-order chi connectivity index (χ0) is 22.6. The molecule has 0 radical (unpaired) electrons. The fraction of sp³-hybridized carbons (Fsp3) is 0.800. The zero-order valence-corrected chi connectivity index (χ0v) is 18.8. The molecule has 0 aromatic heterocycles.